The SMILES string of the molecule is COC(=O)c1cccc(N)c1N(Cc1ccc(-c2ccccc2-c2nn[nH]n2)cc1)C(=O)OC(C)(C)C. The number of methoxy groups -OCH3 is 1. The van der Waals surface area contributed by atoms with E-state index in [-0.39, 0.29) is 23.5 Å². The minimum absolute atomic E-state index is 0.111. The first kappa shape index (κ1) is 25.4. The third-order valence-electron chi connectivity index (χ3n) is 5.48. The minimum atomic E-state index is -0.757. The first-order valence-electron chi connectivity index (χ1n) is 11.6. The second-order valence-electron chi connectivity index (χ2n) is 9.28. The van der Waals surface area contributed by atoms with Crippen molar-refractivity contribution >= 4 is 23.4 Å². The lowest BCUT2D eigenvalue weighted by Gasteiger charge is -2.29. The van der Waals surface area contributed by atoms with Crippen molar-refractivity contribution in [2.75, 3.05) is 17.7 Å². The number of nitrogens with zero attached hydrogens (tertiary/aromatic N) is 4. The van der Waals surface area contributed by atoms with Crippen LogP contribution in [0.5, 0.6) is 0 Å². The quantitative estimate of drug-likeness (QED) is 0.283. The second kappa shape index (κ2) is 10.5. The molecule has 0 atom stereocenters. The minimum Gasteiger partial charge on any atom is -0.465 e. The molecule has 0 aliphatic heterocycles. The fourth-order valence-corrected chi connectivity index (χ4v) is 3.87. The van der Waals surface area contributed by atoms with Crippen molar-refractivity contribution < 1.29 is 19.1 Å². The molecule has 10 heteroatoms. The summed E-state index contributed by atoms with van der Waals surface area (Å²) in [6, 6.07) is 20.2. The molecule has 4 rings (SSSR count). The molecular weight excluding hydrogens is 472 g/mol. The van der Waals surface area contributed by atoms with Crippen LogP contribution in [0.25, 0.3) is 22.5 Å². The van der Waals surface area contributed by atoms with Gasteiger partial charge in [-0.25, -0.2) is 9.59 Å². The van der Waals surface area contributed by atoms with Gasteiger partial charge in [0.25, 0.3) is 0 Å². The summed E-state index contributed by atoms with van der Waals surface area (Å²) in [5, 5.41) is 14.3. The number of carbonyl (C=O) groups excluding carboxylic acids is 2. The molecule has 1 aromatic heterocycles. The van der Waals surface area contributed by atoms with Crippen molar-refractivity contribution in [3.05, 3.63) is 77.9 Å². The topological polar surface area (TPSA) is 136 Å². The van der Waals surface area contributed by atoms with E-state index in [2.05, 4.69) is 20.6 Å². The molecule has 0 saturated carbocycles. The normalized spacial score (nSPS) is 11.1. The lowest BCUT2D eigenvalue weighted by Crippen LogP contribution is -2.37. The number of amides is 1. The van der Waals surface area contributed by atoms with Gasteiger partial charge in [-0.3, -0.25) is 4.90 Å². The van der Waals surface area contributed by atoms with E-state index in [4.69, 9.17) is 15.2 Å². The van der Waals surface area contributed by atoms with Crippen LogP contribution in [0, 0.1) is 0 Å². The second-order valence-corrected chi connectivity index (χ2v) is 9.28. The molecule has 0 spiro atoms. The lowest BCUT2D eigenvalue weighted by molar-refractivity contribution is 0.0576. The highest BCUT2D eigenvalue weighted by atomic mass is 16.6. The van der Waals surface area contributed by atoms with Crippen LogP contribution in [-0.2, 0) is 16.0 Å². The highest BCUT2D eigenvalue weighted by molar-refractivity contribution is 6.04. The number of nitrogens with two attached hydrogens (primary N) is 1. The molecule has 3 aromatic carbocycles. The number of nitrogen functional groups attached to an aromatic ring is 1. The monoisotopic (exact) mass is 500 g/mol. The molecule has 37 heavy (non-hydrogen) atoms. The number of esters is 1. The Hall–Kier alpha value is -4.73. The zero-order chi connectivity index (χ0) is 26.6. The Morgan fingerprint density at radius 3 is 2.30 bits per heavy atom. The molecule has 0 unspecified atom stereocenters. The van der Waals surface area contributed by atoms with Crippen LogP contribution in [-0.4, -0.2) is 45.4 Å². The van der Waals surface area contributed by atoms with Crippen molar-refractivity contribution in [2.45, 2.75) is 32.9 Å². The van der Waals surface area contributed by atoms with Gasteiger partial charge in [-0.2, -0.15) is 5.21 Å². The number of H-pyrrole nitrogens is 1. The fourth-order valence-electron chi connectivity index (χ4n) is 3.87. The summed E-state index contributed by atoms with van der Waals surface area (Å²) in [7, 11) is 1.28. The van der Waals surface area contributed by atoms with Gasteiger partial charge >= 0.3 is 12.1 Å². The number of rotatable bonds is 6. The maximum absolute atomic E-state index is 13.3. The average Bonchev–Trinajstić information content (AvgIpc) is 3.41. The third-order valence-corrected chi connectivity index (χ3v) is 5.48. The molecule has 0 bridgehead atoms. The summed E-state index contributed by atoms with van der Waals surface area (Å²) in [6.07, 6.45) is -0.637. The number of aromatic nitrogens is 4. The number of anilines is 2. The highest BCUT2D eigenvalue weighted by Gasteiger charge is 2.29. The zero-order valence-electron chi connectivity index (χ0n) is 21.1. The lowest BCUT2D eigenvalue weighted by atomic mass is 9.98. The van der Waals surface area contributed by atoms with Crippen LogP contribution >= 0.6 is 0 Å². The smallest absolute Gasteiger partial charge is 0.415 e. The Morgan fingerprint density at radius 2 is 1.68 bits per heavy atom. The van der Waals surface area contributed by atoms with Gasteiger partial charge in [0.05, 0.1) is 30.6 Å². The first-order chi connectivity index (χ1) is 17.7. The number of tetrazole rings is 1. The first-order valence-corrected chi connectivity index (χ1v) is 11.6. The van der Waals surface area contributed by atoms with Crippen molar-refractivity contribution in [3.63, 3.8) is 0 Å². The van der Waals surface area contributed by atoms with Crippen molar-refractivity contribution in [1.82, 2.24) is 20.6 Å². The van der Waals surface area contributed by atoms with E-state index in [0.717, 1.165) is 22.3 Å². The summed E-state index contributed by atoms with van der Waals surface area (Å²) < 4.78 is 10.6. The maximum atomic E-state index is 13.3. The molecule has 0 aliphatic carbocycles. The van der Waals surface area contributed by atoms with Gasteiger partial charge in [0.15, 0.2) is 0 Å². The van der Waals surface area contributed by atoms with E-state index in [9.17, 15) is 9.59 Å². The molecule has 0 radical (unpaired) electrons. The molecule has 1 amide bonds. The Balaban J connectivity index is 1.71. The Bertz CT molecular complexity index is 1400. The number of hydrogen-bond donors (Lipinski definition) is 2. The molecule has 4 aromatic rings. The summed E-state index contributed by atoms with van der Waals surface area (Å²) >= 11 is 0. The molecular formula is C27H28N6O4. The van der Waals surface area contributed by atoms with Gasteiger partial charge < -0.3 is 15.2 Å². The molecule has 190 valence electrons. The molecule has 0 aliphatic rings. The van der Waals surface area contributed by atoms with Gasteiger partial charge in [0.1, 0.15) is 5.60 Å². The molecule has 0 saturated heterocycles. The molecule has 0 fully saturated rings. The molecule has 1 heterocycles. The number of benzene rings is 3. The highest BCUT2D eigenvalue weighted by Crippen LogP contribution is 2.33. The number of carbonyl (C=O) groups is 2. The maximum Gasteiger partial charge on any atom is 0.415 e. The van der Waals surface area contributed by atoms with E-state index in [1.54, 1.807) is 39.0 Å². The van der Waals surface area contributed by atoms with Crippen LogP contribution in [0.4, 0.5) is 16.2 Å². The van der Waals surface area contributed by atoms with Gasteiger partial charge in [0.2, 0.25) is 5.82 Å². The summed E-state index contributed by atoms with van der Waals surface area (Å²) in [6.45, 7) is 5.43. The zero-order valence-corrected chi connectivity index (χ0v) is 21.1. The van der Waals surface area contributed by atoms with Crippen molar-refractivity contribution in [1.29, 1.82) is 0 Å². The van der Waals surface area contributed by atoms with Crippen LogP contribution in [0.15, 0.2) is 66.7 Å². The van der Waals surface area contributed by atoms with Crippen molar-refractivity contribution in [3.8, 4) is 22.5 Å². The molecule has 10 nitrogen and oxygen atoms in total. The average molecular weight is 501 g/mol. The van der Waals surface area contributed by atoms with Crippen LogP contribution in [0.1, 0.15) is 36.7 Å². The van der Waals surface area contributed by atoms with Crippen LogP contribution in [0.3, 0.4) is 0 Å². The van der Waals surface area contributed by atoms with Gasteiger partial charge in [-0.05, 0) is 54.8 Å². The number of ether oxygens (including phenoxy) is 2. The van der Waals surface area contributed by atoms with Crippen LogP contribution in [0.2, 0.25) is 0 Å². The standard InChI is InChI=1S/C27H28N6O4/c1-27(2,3)37-26(35)33(23-21(25(34)36-4)10-7-11-22(23)28)16-17-12-14-18(15-13-17)19-8-5-6-9-20(19)24-29-31-32-30-24/h5-15H,16,28H2,1-4H3,(H,29,30,31,32). The fraction of sp³-hybridized carbons (Fsp3) is 0.222. The van der Waals surface area contributed by atoms with Crippen molar-refractivity contribution in [2.24, 2.45) is 0 Å². The summed E-state index contributed by atoms with van der Waals surface area (Å²) in [5.74, 6) is -0.116. The largest absolute Gasteiger partial charge is 0.465 e. The number of nitrogens with one attached hydrogen (secondary N) is 1. The summed E-state index contributed by atoms with van der Waals surface area (Å²) in [4.78, 5) is 27.2. The van der Waals surface area contributed by atoms with Crippen LogP contribution < -0.4 is 10.6 Å². The van der Waals surface area contributed by atoms with Gasteiger partial charge in [-0.1, -0.05) is 54.6 Å². The van der Waals surface area contributed by atoms with E-state index in [1.807, 2.05) is 48.5 Å². The van der Waals surface area contributed by atoms with Gasteiger partial charge in [-0.15, -0.1) is 10.2 Å². The number of para-hydroxylation sites is 1. The Morgan fingerprint density at radius 1 is 0.973 bits per heavy atom. The van der Waals surface area contributed by atoms with Gasteiger partial charge in [0, 0.05) is 5.56 Å². The Kier molecular flexibility index (Phi) is 7.19. The third kappa shape index (κ3) is 5.75. The van der Waals surface area contributed by atoms with E-state index >= 15 is 0 Å². The predicted molar refractivity (Wildman–Crippen MR) is 140 cm³/mol. The number of hydrogen-bond acceptors (Lipinski definition) is 8. The number of aromatic amines is 1. The Labute approximate surface area is 214 Å². The van der Waals surface area contributed by atoms with E-state index < -0.39 is 17.7 Å². The summed E-state index contributed by atoms with van der Waals surface area (Å²) in [5.41, 5.74) is 9.64. The molecule has 3 N–H and O–H groups in total. The van der Waals surface area contributed by atoms with E-state index in [1.165, 1.54) is 12.0 Å². The van der Waals surface area contributed by atoms with E-state index in [0.29, 0.717) is 5.82 Å². The predicted octanol–water partition coefficient (Wildman–Crippen LogP) is 4.84.